The summed E-state index contributed by atoms with van der Waals surface area (Å²) in [4.78, 5) is 85.2. The highest BCUT2D eigenvalue weighted by Crippen LogP contribution is 2.34. The third-order valence-electron chi connectivity index (χ3n) is 15.2. The average molecular weight is 1450 g/mol. The van der Waals surface area contributed by atoms with E-state index in [4.69, 9.17) is 22.1 Å². The quantitative estimate of drug-likeness (QED) is 0.0946. The fourth-order valence-electron chi connectivity index (χ4n) is 10.6. The molecule has 0 radical (unpaired) electrons. The SMILES string of the molecule is CC(=O)c1oc2cccc(F)c2c(=O)c1-c1ccccc1C.CC(=O)c1oc2cccc(F)c2c(=O)c1Br.CC(O)c1oc2cccc(F)c2c(=O)c1Br.Cc1cccc2oc(C(C)O)c(-c3ccccc3)c(=O)c12.Cc1ccccc1-c1c(C(C)O)oc2cccc(F)c2c1=O. The normalized spacial score (nSPS) is 11.9. The summed E-state index contributed by atoms with van der Waals surface area (Å²) >= 11 is 5.95. The van der Waals surface area contributed by atoms with Gasteiger partial charge in [0.05, 0.1) is 22.1 Å². The second-order valence-corrected chi connectivity index (χ2v) is 23.8. The molecule has 3 unspecified atom stereocenters. The van der Waals surface area contributed by atoms with Gasteiger partial charge in [-0.15, -0.1) is 0 Å². The Morgan fingerprint density at radius 1 is 0.351 bits per heavy atom. The predicted octanol–water partition coefficient (Wildman–Crippen LogP) is 17.5. The number of aliphatic hydroxyl groups is 3. The van der Waals surface area contributed by atoms with Crippen molar-refractivity contribution < 1.29 is 64.6 Å². The Hall–Kier alpha value is -10.3. The summed E-state index contributed by atoms with van der Waals surface area (Å²) in [6.07, 6.45) is -2.76. The molecule has 0 amide bonds. The number of hydrogen-bond acceptors (Lipinski definition) is 15. The largest absolute Gasteiger partial charge is 0.457 e. The zero-order chi connectivity index (χ0) is 70.4. The summed E-state index contributed by atoms with van der Waals surface area (Å²) in [5.74, 6) is -2.93. The summed E-state index contributed by atoms with van der Waals surface area (Å²) in [6.45, 7) is 12.7. The first-order chi connectivity index (χ1) is 46.1. The fourth-order valence-corrected chi connectivity index (χ4v) is 11.8. The smallest absolute Gasteiger partial charge is 0.210 e. The molecule has 0 saturated carbocycles. The van der Waals surface area contributed by atoms with Gasteiger partial charge in [-0.1, -0.05) is 115 Å². The van der Waals surface area contributed by atoms with Gasteiger partial charge >= 0.3 is 0 Å². The van der Waals surface area contributed by atoms with Crippen molar-refractivity contribution in [3.63, 3.8) is 0 Å². The van der Waals surface area contributed by atoms with E-state index in [-0.39, 0.29) is 98.2 Å². The Bertz CT molecular complexity index is 5540. The molecule has 0 aliphatic heterocycles. The van der Waals surface area contributed by atoms with Crippen LogP contribution in [0.1, 0.15) is 108 Å². The highest BCUT2D eigenvalue weighted by Gasteiger charge is 2.26. The van der Waals surface area contributed by atoms with Crippen LogP contribution in [-0.2, 0) is 0 Å². The minimum atomic E-state index is -0.977. The molecule has 3 atom stereocenters. The van der Waals surface area contributed by atoms with Crippen LogP contribution in [-0.4, -0.2) is 26.9 Å². The van der Waals surface area contributed by atoms with Crippen LogP contribution in [0.25, 0.3) is 88.2 Å². The lowest BCUT2D eigenvalue weighted by Crippen LogP contribution is -2.13. The summed E-state index contributed by atoms with van der Waals surface area (Å²) in [5, 5.41) is 29.4. The molecule has 0 saturated heterocycles. The van der Waals surface area contributed by atoms with Crippen LogP contribution in [0.2, 0.25) is 0 Å². The van der Waals surface area contributed by atoms with E-state index >= 15 is 0 Å². The van der Waals surface area contributed by atoms with Gasteiger partial charge < -0.3 is 37.4 Å². The first-order valence-electron chi connectivity index (χ1n) is 29.8. The Kier molecular flexibility index (Phi) is 22.1. The Morgan fingerprint density at radius 2 is 0.670 bits per heavy atom. The van der Waals surface area contributed by atoms with Gasteiger partial charge in [0.25, 0.3) is 0 Å². The monoisotopic (exact) mass is 1440 g/mol. The second kappa shape index (κ2) is 30.2. The van der Waals surface area contributed by atoms with Gasteiger partial charge in [-0.25, -0.2) is 17.6 Å². The average Bonchev–Trinajstić information content (AvgIpc) is 0.778. The number of benzene rings is 8. The topological polar surface area (TPSA) is 246 Å². The molecular formula is C76H58Br2F4O15. The van der Waals surface area contributed by atoms with E-state index in [0.29, 0.717) is 33.4 Å². The van der Waals surface area contributed by atoms with Crippen molar-refractivity contribution in [2.45, 2.75) is 73.7 Å². The molecule has 3 N–H and O–H groups in total. The molecule has 21 heteroatoms. The van der Waals surface area contributed by atoms with E-state index in [1.807, 2.05) is 87.5 Å². The lowest BCUT2D eigenvalue weighted by atomic mass is 9.96. The lowest BCUT2D eigenvalue weighted by molar-refractivity contribution is 0.0980. The number of halogens is 6. The number of Topliss-reactive ketones (excluding diaryl/α,β-unsaturated/α-hetero) is 2. The molecule has 8 aromatic carbocycles. The van der Waals surface area contributed by atoms with Gasteiger partial charge in [-0.2, -0.15) is 0 Å². The standard InChI is InChI=1S/C18H15FO3.C18H13FO3.C18H16O3.C11H8BrFO3.C11H6BrFO3/c2*1-10-6-3-4-7-12(10)15-17(21)16-13(19)8-5-9-14(16)22-18(15)11(2)20;1-11-7-6-10-14-15(11)17(20)16(18(21-14)12(2)19)13-8-4-3-5-9-13;2*1-5(14)11-9(12)10(15)8-6(13)3-2-4-7(8)16-11/h3-9,11,20H,1-2H3;3-9H,1-2H3;3-10,12,19H,1-2H3;2-5,14H,1H3;2-4H,1H3. The maximum absolute atomic E-state index is 14.1. The number of carbonyl (C=O) groups excluding carboxylic acids is 2. The molecule has 0 spiro atoms. The lowest BCUT2D eigenvalue weighted by Gasteiger charge is -2.14. The zero-order valence-electron chi connectivity index (χ0n) is 52.9. The van der Waals surface area contributed by atoms with Crippen molar-refractivity contribution in [1.82, 2.24) is 0 Å². The van der Waals surface area contributed by atoms with E-state index in [1.54, 1.807) is 37.3 Å². The first-order valence-corrected chi connectivity index (χ1v) is 31.3. The molecule has 13 aromatic rings. The van der Waals surface area contributed by atoms with Crippen molar-refractivity contribution in [1.29, 1.82) is 0 Å². The number of aryl methyl sites for hydroxylation is 3. The molecule has 5 aromatic heterocycles. The number of fused-ring (bicyclic) bond motifs is 5. The molecular weight excluding hydrogens is 1390 g/mol. The van der Waals surface area contributed by atoms with Crippen LogP contribution in [0.4, 0.5) is 17.6 Å². The minimum absolute atomic E-state index is 0.0439. The Morgan fingerprint density at radius 3 is 1.10 bits per heavy atom. The highest BCUT2D eigenvalue weighted by molar-refractivity contribution is 9.10. The van der Waals surface area contributed by atoms with Gasteiger partial charge in [-0.3, -0.25) is 33.6 Å². The van der Waals surface area contributed by atoms with Crippen LogP contribution < -0.4 is 27.1 Å². The molecule has 0 bridgehead atoms. The minimum Gasteiger partial charge on any atom is -0.457 e. The highest BCUT2D eigenvalue weighted by atomic mass is 79.9. The number of carbonyl (C=O) groups is 2. The van der Waals surface area contributed by atoms with Crippen LogP contribution in [0.3, 0.4) is 0 Å². The first kappa shape index (κ1) is 71.0. The molecule has 0 fully saturated rings. The van der Waals surface area contributed by atoms with Crippen molar-refractivity contribution in [2.24, 2.45) is 0 Å². The van der Waals surface area contributed by atoms with E-state index < -0.39 is 69.1 Å². The summed E-state index contributed by atoms with van der Waals surface area (Å²) in [6, 6.07) is 45.7. The van der Waals surface area contributed by atoms with Crippen molar-refractivity contribution in [3.05, 3.63) is 299 Å². The van der Waals surface area contributed by atoms with Crippen LogP contribution in [0, 0.1) is 44.0 Å². The van der Waals surface area contributed by atoms with Crippen LogP contribution in [0.5, 0.6) is 0 Å². The molecule has 0 aliphatic rings. The third kappa shape index (κ3) is 14.8. The summed E-state index contributed by atoms with van der Waals surface area (Å²) in [5.41, 5.74) is 4.00. The summed E-state index contributed by atoms with van der Waals surface area (Å²) < 4.78 is 82.4. The second-order valence-electron chi connectivity index (χ2n) is 22.2. The molecule has 0 aliphatic carbocycles. The van der Waals surface area contributed by atoms with Crippen LogP contribution in [0.15, 0.2) is 225 Å². The van der Waals surface area contributed by atoms with Crippen molar-refractivity contribution in [3.8, 4) is 33.4 Å². The van der Waals surface area contributed by atoms with Crippen molar-refractivity contribution in [2.75, 3.05) is 0 Å². The van der Waals surface area contributed by atoms with Gasteiger partial charge in [0, 0.05) is 13.8 Å². The van der Waals surface area contributed by atoms with Gasteiger partial charge in [0.2, 0.25) is 27.1 Å². The number of rotatable bonds is 8. The zero-order valence-corrected chi connectivity index (χ0v) is 56.1. The molecule has 15 nitrogen and oxygen atoms in total. The molecule has 97 heavy (non-hydrogen) atoms. The predicted molar refractivity (Wildman–Crippen MR) is 370 cm³/mol. The van der Waals surface area contributed by atoms with Crippen LogP contribution >= 0.6 is 31.9 Å². The van der Waals surface area contributed by atoms with E-state index in [1.165, 1.54) is 100 Å². The maximum Gasteiger partial charge on any atom is 0.210 e. The molecule has 5 heterocycles. The Balaban J connectivity index is 0.000000143. The summed E-state index contributed by atoms with van der Waals surface area (Å²) in [7, 11) is 0. The number of ketones is 2. The number of hydrogen-bond donors (Lipinski definition) is 3. The maximum atomic E-state index is 14.1. The van der Waals surface area contributed by atoms with Crippen molar-refractivity contribution >= 4 is 98.3 Å². The van der Waals surface area contributed by atoms with E-state index in [2.05, 4.69) is 31.9 Å². The number of aliphatic hydroxyl groups excluding tert-OH is 3. The van der Waals surface area contributed by atoms with E-state index in [9.17, 15) is 66.4 Å². The van der Waals surface area contributed by atoms with Gasteiger partial charge in [0.1, 0.15) is 112 Å². The molecule has 13 rings (SSSR count). The van der Waals surface area contributed by atoms with E-state index in [0.717, 1.165) is 22.3 Å². The Labute approximate surface area is 565 Å². The van der Waals surface area contributed by atoms with Gasteiger partial charge in [0.15, 0.2) is 28.8 Å². The third-order valence-corrected chi connectivity index (χ3v) is 16.7. The fraction of sp³-hybridized carbons (Fsp3) is 0.145. The molecule has 494 valence electrons. The van der Waals surface area contributed by atoms with Gasteiger partial charge in [-0.05, 0) is 161 Å².